The Labute approximate surface area is 91.3 Å². The maximum Gasteiger partial charge on any atom is 0.0340 e. The van der Waals surface area contributed by atoms with Gasteiger partial charge in [0, 0.05) is 18.0 Å². The van der Waals surface area contributed by atoms with Crippen LogP contribution in [0.5, 0.6) is 0 Å². The molecule has 0 saturated carbocycles. The first-order chi connectivity index (χ1) is 6.74. The maximum absolute atomic E-state index is 3.39. The summed E-state index contributed by atoms with van der Waals surface area (Å²) in [6.45, 7) is 5.48. The average Bonchev–Trinajstić information content (AvgIpc) is 2.19. The molecule has 0 radical (unpaired) electrons. The third kappa shape index (κ3) is 3.62. The van der Waals surface area contributed by atoms with E-state index in [1.54, 1.807) is 0 Å². The van der Waals surface area contributed by atoms with Crippen molar-refractivity contribution in [1.82, 2.24) is 0 Å². The van der Waals surface area contributed by atoms with E-state index in [-0.39, 0.29) is 0 Å². The standard InChI is InChI=1S/C12H19NS/c1-10(2)11-4-6-12(7-5-11)13-8-9-14-3/h4-7,10,13H,8-9H2,1-3H3. The summed E-state index contributed by atoms with van der Waals surface area (Å²) in [5.41, 5.74) is 2.63. The number of hydrogen-bond donors (Lipinski definition) is 1. The third-order valence-electron chi connectivity index (χ3n) is 2.21. The summed E-state index contributed by atoms with van der Waals surface area (Å²) in [4.78, 5) is 0. The van der Waals surface area contributed by atoms with Crippen molar-refractivity contribution in [3.8, 4) is 0 Å². The van der Waals surface area contributed by atoms with Gasteiger partial charge in [0.1, 0.15) is 0 Å². The number of rotatable bonds is 5. The van der Waals surface area contributed by atoms with E-state index in [9.17, 15) is 0 Å². The lowest BCUT2D eigenvalue weighted by atomic mass is 10.0. The third-order valence-corrected chi connectivity index (χ3v) is 2.83. The van der Waals surface area contributed by atoms with Gasteiger partial charge in [-0.2, -0.15) is 11.8 Å². The van der Waals surface area contributed by atoms with Gasteiger partial charge >= 0.3 is 0 Å². The molecule has 14 heavy (non-hydrogen) atoms. The monoisotopic (exact) mass is 209 g/mol. The molecule has 0 saturated heterocycles. The fraction of sp³-hybridized carbons (Fsp3) is 0.500. The molecule has 0 unspecified atom stereocenters. The molecule has 0 aliphatic carbocycles. The summed E-state index contributed by atoms with van der Waals surface area (Å²) in [6, 6.07) is 8.73. The van der Waals surface area contributed by atoms with Crippen molar-refractivity contribution in [1.29, 1.82) is 0 Å². The fourth-order valence-corrected chi connectivity index (χ4v) is 1.59. The molecule has 1 nitrogen and oxygen atoms in total. The zero-order valence-corrected chi connectivity index (χ0v) is 10.0. The summed E-state index contributed by atoms with van der Waals surface area (Å²) in [7, 11) is 0. The highest BCUT2D eigenvalue weighted by atomic mass is 32.2. The van der Waals surface area contributed by atoms with E-state index in [1.807, 2.05) is 11.8 Å². The van der Waals surface area contributed by atoms with Gasteiger partial charge in [0.15, 0.2) is 0 Å². The number of nitrogens with one attached hydrogen (secondary N) is 1. The largest absolute Gasteiger partial charge is 0.384 e. The number of benzene rings is 1. The highest BCUT2D eigenvalue weighted by Gasteiger charge is 1.97. The molecule has 0 amide bonds. The second kappa shape index (κ2) is 5.97. The average molecular weight is 209 g/mol. The first kappa shape index (κ1) is 11.4. The van der Waals surface area contributed by atoms with E-state index in [4.69, 9.17) is 0 Å². The molecule has 0 bridgehead atoms. The molecule has 1 aromatic rings. The summed E-state index contributed by atoms with van der Waals surface area (Å²) in [6.07, 6.45) is 2.13. The first-order valence-electron chi connectivity index (χ1n) is 5.07. The summed E-state index contributed by atoms with van der Waals surface area (Å²) in [5, 5.41) is 3.39. The molecule has 0 fully saturated rings. The molecule has 0 atom stereocenters. The van der Waals surface area contributed by atoms with Crippen LogP contribution in [-0.2, 0) is 0 Å². The minimum absolute atomic E-state index is 0.621. The van der Waals surface area contributed by atoms with Crippen LogP contribution in [0.4, 0.5) is 5.69 Å². The molecule has 1 rings (SSSR count). The Morgan fingerprint density at radius 3 is 2.36 bits per heavy atom. The van der Waals surface area contributed by atoms with Gasteiger partial charge in [0.2, 0.25) is 0 Å². The SMILES string of the molecule is CSCCNc1ccc(C(C)C)cc1. The van der Waals surface area contributed by atoms with E-state index in [1.165, 1.54) is 11.3 Å². The van der Waals surface area contributed by atoms with Gasteiger partial charge in [-0.15, -0.1) is 0 Å². The van der Waals surface area contributed by atoms with Crippen LogP contribution in [0.2, 0.25) is 0 Å². The second-order valence-corrected chi connectivity index (χ2v) is 4.68. The van der Waals surface area contributed by atoms with Gasteiger partial charge < -0.3 is 5.32 Å². The molecular formula is C12H19NS. The zero-order chi connectivity index (χ0) is 10.4. The van der Waals surface area contributed by atoms with E-state index in [2.05, 4.69) is 49.7 Å². The lowest BCUT2D eigenvalue weighted by Gasteiger charge is -2.08. The zero-order valence-electron chi connectivity index (χ0n) is 9.21. The number of hydrogen-bond acceptors (Lipinski definition) is 2. The molecule has 0 aliphatic heterocycles. The Morgan fingerprint density at radius 1 is 1.21 bits per heavy atom. The van der Waals surface area contributed by atoms with Crippen LogP contribution in [0.1, 0.15) is 25.3 Å². The molecule has 2 heteroatoms. The van der Waals surface area contributed by atoms with Crippen molar-refractivity contribution in [2.75, 3.05) is 23.9 Å². The van der Waals surface area contributed by atoms with Gasteiger partial charge in [0.25, 0.3) is 0 Å². The smallest absolute Gasteiger partial charge is 0.0340 e. The van der Waals surface area contributed by atoms with Crippen LogP contribution < -0.4 is 5.32 Å². The van der Waals surface area contributed by atoms with Crippen LogP contribution in [0, 0.1) is 0 Å². The van der Waals surface area contributed by atoms with E-state index in [0.29, 0.717) is 5.92 Å². The molecule has 78 valence electrons. The van der Waals surface area contributed by atoms with Crippen LogP contribution in [0.25, 0.3) is 0 Å². The van der Waals surface area contributed by atoms with E-state index >= 15 is 0 Å². The molecular weight excluding hydrogens is 190 g/mol. The normalized spacial score (nSPS) is 10.6. The van der Waals surface area contributed by atoms with Crippen LogP contribution in [-0.4, -0.2) is 18.6 Å². The predicted octanol–water partition coefficient (Wildman–Crippen LogP) is 3.58. The van der Waals surface area contributed by atoms with Gasteiger partial charge in [-0.25, -0.2) is 0 Å². The first-order valence-corrected chi connectivity index (χ1v) is 6.46. The highest BCUT2D eigenvalue weighted by Crippen LogP contribution is 2.16. The Balaban J connectivity index is 2.47. The van der Waals surface area contributed by atoms with Crippen LogP contribution in [0.15, 0.2) is 24.3 Å². The molecule has 0 heterocycles. The van der Waals surface area contributed by atoms with Gasteiger partial charge in [0.05, 0.1) is 0 Å². The number of anilines is 1. The maximum atomic E-state index is 3.39. The highest BCUT2D eigenvalue weighted by molar-refractivity contribution is 7.98. The lowest BCUT2D eigenvalue weighted by Crippen LogP contribution is -2.03. The molecule has 1 aromatic carbocycles. The van der Waals surface area contributed by atoms with E-state index < -0.39 is 0 Å². The van der Waals surface area contributed by atoms with Crippen molar-refractivity contribution in [2.24, 2.45) is 0 Å². The van der Waals surface area contributed by atoms with Gasteiger partial charge in [-0.3, -0.25) is 0 Å². The predicted molar refractivity (Wildman–Crippen MR) is 67.4 cm³/mol. The van der Waals surface area contributed by atoms with Crippen molar-refractivity contribution in [3.05, 3.63) is 29.8 Å². The summed E-state index contributed by atoms with van der Waals surface area (Å²) >= 11 is 1.87. The van der Waals surface area contributed by atoms with Crippen molar-refractivity contribution in [2.45, 2.75) is 19.8 Å². The lowest BCUT2D eigenvalue weighted by molar-refractivity contribution is 0.867. The Kier molecular flexibility index (Phi) is 4.88. The minimum Gasteiger partial charge on any atom is -0.384 e. The van der Waals surface area contributed by atoms with Crippen molar-refractivity contribution >= 4 is 17.4 Å². The van der Waals surface area contributed by atoms with Gasteiger partial charge in [-0.05, 0) is 29.9 Å². The quantitative estimate of drug-likeness (QED) is 0.744. The Hall–Kier alpha value is -0.630. The molecule has 0 aliphatic rings. The van der Waals surface area contributed by atoms with Crippen molar-refractivity contribution < 1.29 is 0 Å². The molecule has 1 N–H and O–H groups in total. The summed E-state index contributed by atoms with van der Waals surface area (Å²) in [5.74, 6) is 1.78. The molecule has 0 spiro atoms. The van der Waals surface area contributed by atoms with Gasteiger partial charge in [-0.1, -0.05) is 26.0 Å². The number of thioether (sulfide) groups is 1. The minimum atomic E-state index is 0.621. The fourth-order valence-electron chi connectivity index (χ4n) is 1.28. The Bertz CT molecular complexity index is 254. The molecule has 0 aromatic heterocycles. The summed E-state index contributed by atoms with van der Waals surface area (Å²) < 4.78 is 0. The Morgan fingerprint density at radius 2 is 1.86 bits per heavy atom. The van der Waals surface area contributed by atoms with Crippen LogP contribution >= 0.6 is 11.8 Å². The topological polar surface area (TPSA) is 12.0 Å². The van der Waals surface area contributed by atoms with Crippen LogP contribution in [0.3, 0.4) is 0 Å². The van der Waals surface area contributed by atoms with Crippen molar-refractivity contribution in [3.63, 3.8) is 0 Å². The van der Waals surface area contributed by atoms with E-state index in [0.717, 1.165) is 12.3 Å². The second-order valence-electron chi connectivity index (χ2n) is 3.70.